The molecule has 9 heteroatoms. The lowest BCUT2D eigenvalue weighted by Gasteiger charge is -2.25. The first-order chi connectivity index (χ1) is 16.8. The Morgan fingerprint density at radius 2 is 1.94 bits per heavy atom. The number of rotatable bonds is 6. The van der Waals surface area contributed by atoms with E-state index in [0.29, 0.717) is 37.7 Å². The van der Waals surface area contributed by atoms with Crippen LogP contribution >= 0.6 is 11.3 Å². The average Bonchev–Trinajstić information content (AvgIpc) is 3.12. The number of aromatic nitrogens is 1. The fraction of sp³-hybridized carbons (Fsp3) is 0.231. The Balaban J connectivity index is 1.93. The molecule has 0 bridgehead atoms. The van der Waals surface area contributed by atoms with Crippen molar-refractivity contribution in [1.82, 2.24) is 4.57 Å². The molecule has 180 valence electrons. The summed E-state index contributed by atoms with van der Waals surface area (Å²) in [4.78, 5) is 43.0. The Morgan fingerprint density at radius 1 is 1.17 bits per heavy atom. The van der Waals surface area contributed by atoms with Gasteiger partial charge in [-0.3, -0.25) is 14.2 Å². The van der Waals surface area contributed by atoms with Crippen LogP contribution in [0.4, 0.5) is 0 Å². The SMILES string of the molecule is CCOC(=O)C1=C(C)N=c2s/c(=C\c3cccc(OC(C)=O)c3)c(=O)n2C1c1ccccc1OC. The van der Waals surface area contributed by atoms with Gasteiger partial charge >= 0.3 is 11.9 Å². The lowest BCUT2D eigenvalue weighted by molar-refractivity contribution is -0.139. The van der Waals surface area contributed by atoms with E-state index < -0.39 is 18.0 Å². The molecule has 0 radical (unpaired) electrons. The number of ether oxygens (including phenoxy) is 3. The van der Waals surface area contributed by atoms with E-state index >= 15 is 0 Å². The Morgan fingerprint density at radius 3 is 2.66 bits per heavy atom. The van der Waals surface area contributed by atoms with Crippen molar-refractivity contribution >= 4 is 29.4 Å². The van der Waals surface area contributed by atoms with Gasteiger partial charge < -0.3 is 14.2 Å². The largest absolute Gasteiger partial charge is 0.496 e. The van der Waals surface area contributed by atoms with E-state index in [0.717, 1.165) is 0 Å². The van der Waals surface area contributed by atoms with Gasteiger partial charge in [0.25, 0.3) is 5.56 Å². The van der Waals surface area contributed by atoms with Crippen molar-refractivity contribution in [3.05, 3.63) is 90.6 Å². The van der Waals surface area contributed by atoms with E-state index in [-0.39, 0.29) is 17.7 Å². The number of hydrogen-bond donors (Lipinski definition) is 0. The molecule has 2 heterocycles. The number of nitrogens with zero attached hydrogens (tertiary/aromatic N) is 2. The first-order valence-electron chi connectivity index (χ1n) is 10.9. The minimum atomic E-state index is -0.768. The number of carbonyl (C=O) groups excluding carboxylic acids is 2. The highest BCUT2D eigenvalue weighted by Crippen LogP contribution is 2.35. The van der Waals surface area contributed by atoms with Gasteiger partial charge in [-0.25, -0.2) is 9.79 Å². The molecule has 0 aliphatic carbocycles. The second-order valence-electron chi connectivity index (χ2n) is 7.71. The van der Waals surface area contributed by atoms with Crippen molar-refractivity contribution in [3.63, 3.8) is 0 Å². The molecule has 4 rings (SSSR count). The number of thiazole rings is 1. The molecule has 0 saturated carbocycles. The summed E-state index contributed by atoms with van der Waals surface area (Å²) in [6.07, 6.45) is 1.71. The van der Waals surface area contributed by atoms with E-state index in [1.54, 1.807) is 57.4 Å². The molecule has 8 nitrogen and oxygen atoms in total. The fourth-order valence-electron chi connectivity index (χ4n) is 3.96. The van der Waals surface area contributed by atoms with Gasteiger partial charge in [0.1, 0.15) is 17.5 Å². The first kappa shape index (κ1) is 24.2. The Labute approximate surface area is 205 Å². The number of methoxy groups -OCH3 is 1. The van der Waals surface area contributed by atoms with Gasteiger partial charge in [0.2, 0.25) is 0 Å². The smallest absolute Gasteiger partial charge is 0.338 e. The lowest BCUT2D eigenvalue weighted by Crippen LogP contribution is -2.40. The van der Waals surface area contributed by atoms with Crippen molar-refractivity contribution in [2.45, 2.75) is 26.8 Å². The molecule has 0 N–H and O–H groups in total. The van der Waals surface area contributed by atoms with Crippen molar-refractivity contribution in [2.24, 2.45) is 4.99 Å². The predicted molar refractivity (Wildman–Crippen MR) is 131 cm³/mol. The van der Waals surface area contributed by atoms with E-state index in [4.69, 9.17) is 14.2 Å². The van der Waals surface area contributed by atoms with Crippen molar-refractivity contribution in [1.29, 1.82) is 0 Å². The maximum atomic E-state index is 13.7. The van der Waals surface area contributed by atoms with Gasteiger partial charge in [0.15, 0.2) is 4.80 Å². The summed E-state index contributed by atoms with van der Waals surface area (Å²) in [6.45, 7) is 4.98. The molecule has 0 amide bonds. The Bertz CT molecular complexity index is 1520. The lowest BCUT2D eigenvalue weighted by atomic mass is 9.95. The third-order valence-electron chi connectivity index (χ3n) is 5.37. The van der Waals surface area contributed by atoms with Crippen molar-refractivity contribution in [3.8, 4) is 11.5 Å². The monoisotopic (exact) mass is 492 g/mol. The van der Waals surface area contributed by atoms with Gasteiger partial charge in [-0.05, 0) is 43.7 Å². The van der Waals surface area contributed by atoms with Gasteiger partial charge in [0.05, 0.1) is 29.5 Å². The molecular formula is C26H24N2O6S. The number of fused-ring (bicyclic) bond motifs is 1. The summed E-state index contributed by atoms with van der Waals surface area (Å²) >= 11 is 1.21. The third-order valence-corrected chi connectivity index (χ3v) is 6.35. The highest BCUT2D eigenvalue weighted by atomic mass is 32.1. The second-order valence-corrected chi connectivity index (χ2v) is 8.72. The molecule has 35 heavy (non-hydrogen) atoms. The van der Waals surface area contributed by atoms with E-state index in [9.17, 15) is 14.4 Å². The Kier molecular flexibility index (Phi) is 6.97. The molecule has 1 aliphatic rings. The van der Waals surface area contributed by atoms with E-state index in [1.807, 2.05) is 18.2 Å². The summed E-state index contributed by atoms with van der Waals surface area (Å²) in [5, 5.41) is 0. The quantitative estimate of drug-likeness (QED) is 0.388. The topological polar surface area (TPSA) is 96.2 Å². The summed E-state index contributed by atoms with van der Waals surface area (Å²) < 4.78 is 18.0. The summed E-state index contributed by atoms with van der Waals surface area (Å²) in [7, 11) is 1.54. The normalized spacial score (nSPS) is 15.3. The molecule has 1 atom stereocenters. The molecular weight excluding hydrogens is 468 g/mol. The van der Waals surface area contributed by atoms with Crippen LogP contribution in [0, 0.1) is 0 Å². The molecule has 3 aromatic rings. The maximum Gasteiger partial charge on any atom is 0.338 e. The minimum Gasteiger partial charge on any atom is -0.496 e. The standard InChI is InChI=1S/C26H24N2O6S/c1-5-33-25(31)22-15(2)27-26-28(23(22)19-11-6-7-12-20(19)32-4)24(30)21(35-26)14-17-9-8-10-18(13-17)34-16(3)29/h6-14,23H,5H2,1-4H3/b21-14-. The predicted octanol–water partition coefficient (Wildman–Crippen LogP) is 2.73. The van der Waals surface area contributed by atoms with Crippen LogP contribution in [-0.2, 0) is 14.3 Å². The van der Waals surface area contributed by atoms with Gasteiger partial charge in [0, 0.05) is 12.5 Å². The maximum absolute atomic E-state index is 13.7. The number of para-hydroxylation sites is 1. The zero-order valence-corrected chi connectivity index (χ0v) is 20.5. The van der Waals surface area contributed by atoms with Gasteiger partial charge in [-0.1, -0.05) is 41.7 Å². The third kappa shape index (κ3) is 4.81. The second kappa shape index (κ2) is 10.1. The molecule has 0 spiro atoms. The van der Waals surface area contributed by atoms with Crippen LogP contribution in [0.2, 0.25) is 0 Å². The van der Waals surface area contributed by atoms with Crippen molar-refractivity contribution in [2.75, 3.05) is 13.7 Å². The van der Waals surface area contributed by atoms with Crippen molar-refractivity contribution < 1.29 is 23.8 Å². The van der Waals surface area contributed by atoms with Crippen LogP contribution in [-0.4, -0.2) is 30.2 Å². The highest BCUT2D eigenvalue weighted by molar-refractivity contribution is 7.07. The molecule has 1 aliphatic heterocycles. The number of allylic oxidation sites excluding steroid dienone is 1. The zero-order chi connectivity index (χ0) is 25.1. The molecule has 2 aromatic carbocycles. The average molecular weight is 493 g/mol. The summed E-state index contributed by atoms with van der Waals surface area (Å²) in [5.74, 6) is -0.0441. The summed E-state index contributed by atoms with van der Waals surface area (Å²) in [6, 6.07) is 13.4. The van der Waals surface area contributed by atoms with Crippen LogP contribution < -0.4 is 24.4 Å². The Hall–Kier alpha value is -3.98. The van der Waals surface area contributed by atoms with E-state index in [2.05, 4.69) is 4.99 Å². The van der Waals surface area contributed by atoms with Crippen LogP contribution in [0.25, 0.3) is 6.08 Å². The number of benzene rings is 2. The zero-order valence-electron chi connectivity index (χ0n) is 19.7. The number of carbonyl (C=O) groups is 2. The number of hydrogen-bond acceptors (Lipinski definition) is 8. The van der Waals surface area contributed by atoms with Crippen LogP contribution in [0.5, 0.6) is 11.5 Å². The fourth-order valence-corrected chi connectivity index (χ4v) is 5.01. The summed E-state index contributed by atoms with van der Waals surface area (Å²) in [5.41, 5.74) is 1.79. The van der Waals surface area contributed by atoms with Gasteiger partial charge in [-0.2, -0.15) is 0 Å². The first-order valence-corrected chi connectivity index (χ1v) is 11.8. The highest BCUT2D eigenvalue weighted by Gasteiger charge is 2.34. The number of esters is 2. The molecule has 1 unspecified atom stereocenters. The van der Waals surface area contributed by atoms with Crippen LogP contribution in [0.15, 0.2) is 69.6 Å². The molecule has 0 fully saturated rings. The molecule has 0 saturated heterocycles. The van der Waals surface area contributed by atoms with Crippen LogP contribution in [0.1, 0.15) is 37.9 Å². The minimum absolute atomic E-state index is 0.192. The molecule has 1 aromatic heterocycles. The van der Waals surface area contributed by atoms with Gasteiger partial charge in [-0.15, -0.1) is 0 Å². The van der Waals surface area contributed by atoms with Crippen LogP contribution in [0.3, 0.4) is 0 Å². The van der Waals surface area contributed by atoms with E-state index in [1.165, 1.54) is 22.8 Å².